The standard InChI is InChI=1S/C31H30N4O4S/c1-3-20-8-4-5-9-23(20)33-27(36)17-19-35-29(28(34-31(35)40)24-10-6-7-18-32-24)26-16-15-25(39-26)21-11-13-22(14-12-21)30(37)38-2/h4-16,18,28-29H,3,17,19H2,1-2H3,(H,33,36)(H,34,40)/t28-,29-/m0/s1. The van der Waals surface area contributed by atoms with E-state index in [1.807, 2.05) is 71.6 Å². The number of benzene rings is 2. The second-order valence-electron chi connectivity index (χ2n) is 9.40. The Morgan fingerprint density at radius 1 is 1.05 bits per heavy atom. The Morgan fingerprint density at radius 3 is 2.55 bits per heavy atom. The summed E-state index contributed by atoms with van der Waals surface area (Å²) < 4.78 is 11.1. The fraction of sp³-hybridized carbons (Fsp3) is 0.226. The molecule has 2 N–H and O–H groups in total. The van der Waals surface area contributed by atoms with E-state index in [0.717, 1.165) is 28.9 Å². The Labute approximate surface area is 238 Å². The van der Waals surface area contributed by atoms with E-state index in [9.17, 15) is 9.59 Å². The Morgan fingerprint density at radius 2 is 1.82 bits per heavy atom. The third kappa shape index (κ3) is 5.74. The van der Waals surface area contributed by atoms with Gasteiger partial charge < -0.3 is 24.7 Å². The van der Waals surface area contributed by atoms with Crippen LogP contribution in [-0.2, 0) is 16.0 Å². The van der Waals surface area contributed by atoms with Crippen molar-refractivity contribution >= 4 is 34.9 Å². The zero-order valence-electron chi connectivity index (χ0n) is 22.3. The summed E-state index contributed by atoms with van der Waals surface area (Å²) in [5.41, 5.74) is 4.02. The summed E-state index contributed by atoms with van der Waals surface area (Å²) in [6.07, 6.45) is 2.82. The third-order valence-electron chi connectivity index (χ3n) is 6.96. The van der Waals surface area contributed by atoms with Crippen molar-refractivity contribution in [3.05, 3.63) is 108 Å². The highest BCUT2D eigenvalue weighted by molar-refractivity contribution is 7.80. The van der Waals surface area contributed by atoms with Crippen molar-refractivity contribution in [1.82, 2.24) is 15.2 Å². The number of amides is 1. The second kappa shape index (κ2) is 12.1. The maximum absolute atomic E-state index is 13.0. The summed E-state index contributed by atoms with van der Waals surface area (Å²) in [5, 5.41) is 6.96. The Bertz CT molecular complexity index is 1500. The minimum atomic E-state index is -0.395. The van der Waals surface area contributed by atoms with Crippen LogP contribution in [0, 0.1) is 0 Å². The topological polar surface area (TPSA) is 96.7 Å². The lowest BCUT2D eigenvalue weighted by atomic mass is 10.0. The van der Waals surface area contributed by atoms with E-state index in [1.165, 1.54) is 7.11 Å². The highest BCUT2D eigenvalue weighted by Crippen LogP contribution is 2.40. The van der Waals surface area contributed by atoms with Crippen molar-refractivity contribution in [2.24, 2.45) is 0 Å². The number of aryl methyl sites for hydroxylation is 1. The molecule has 1 aliphatic rings. The molecule has 0 saturated carbocycles. The molecule has 0 unspecified atom stereocenters. The summed E-state index contributed by atoms with van der Waals surface area (Å²) in [7, 11) is 1.35. The summed E-state index contributed by atoms with van der Waals surface area (Å²) >= 11 is 5.74. The summed E-state index contributed by atoms with van der Waals surface area (Å²) in [4.78, 5) is 31.3. The molecular weight excluding hydrogens is 524 g/mol. The number of carbonyl (C=O) groups is 2. The van der Waals surface area contributed by atoms with Crippen LogP contribution in [0.1, 0.15) is 52.8 Å². The number of rotatable bonds is 9. The van der Waals surface area contributed by atoms with Gasteiger partial charge in [0, 0.05) is 30.4 Å². The molecule has 1 fully saturated rings. The average molecular weight is 555 g/mol. The molecule has 5 rings (SSSR count). The molecule has 2 aromatic carbocycles. The summed E-state index contributed by atoms with van der Waals surface area (Å²) in [5.74, 6) is 0.854. The van der Waals surface area contributed by atoms with Gasteiger partial charge in [0.2, 0.25) is 5.91 Å². The van der Waals surface area contributed by atoms with Crippen LogP contribution in [0.3, 0.4) is 0 Å². The normalized spacial score (nSPS) is 16.4. The predicted molar refractivity (Wildman–Crippen MR) is 157 cm³/mol. The maximum Gasteiger partial charge on any atom is 0.337 e. The van der Waals surface area contributed by atoms with Crippen LogP contribution in [0.2, 0.25) is 0 Å². The van der Waals surface area contributed by atoms with Gasteiger partial charge in [-0.15, -0.1) is 0 Å². The van der Waals surface area contributed by atoms with Crippen LogP contribution in [0.5, 0.6) is 0 Å². The molecule has 0 radical (unpaired) electrons. The Balaban J connectivity index is 1.38. The summed E-state index contributed by atoms with van der Waals surface area (Å²) in [6.45, 7) is 2.45. The molecule has 3 heterocycles. The van der Waals surface area contributed by atoms with Gasteiger partial charge in [-0.05, 0) is 66.7 Å². The maximum atomic E-state index is 13.0. The molecular formula is C31H30N4O4S. The van der Waals surface area contributed by atoms with Crippen LogP contribution in [-0.4, -0.2) is 40.5 Å². The molecule has 204 valence electrons. The molecule has 0 aliphatic carbocycles. The zero-order chi connectivity index (χ0) is 28.1. The lowest BCUT2D eigenvalue weighted by Crippen LogP contribution is -2.32. The monoisotopic (exact) mass is 554 g/mol. The molecule has 1 aliphatic heterocycles. The molecule has 0 bridgehead atoms. The number of hydrogen-bond acceptors (Lipinski definition) is 6. The van der Waals surface area contributed by atoms with Gasteiger partial charge in [-0.25, -0.2) is 4.79 Å². The lowest BCUT2D eigenvalue weighted by molar-refractivity contribution is -0.116. The van der Waals surface area contributed by atoms with Crippen LogP contribution in [0.15, 0.2) is 89.5 Å². The smallest absolute Gasteiger partial charge is 0.337 e. The fourth-order valence-electron chi connectivity index (χ4n) is 4.90. The van der Waals surface area contributed by atoms with Crippen molar-refractivity contribution in [3.8, 4) is 11.3 Å². The first kappa shape index (κ1) is 27.1. The molecule has 2 atom stereocenters. The summed E-state index contributed by atoms with van der Waals surface area (Å²) in [6, 6.07) is 23.8. The SMILES string of the molecule is CCc1ccccc1NC(=O)CCN1C(=S)N[C@@H](c2ccccn2)[C@@H]1c1ccc(-c2ccc(C(=O)OC)cc2)o1. The molecule has 4 aromatic rings. The number of carbonyl (C=O) groups excluding carboxylic acids is 2. The number of furan rings is 1. The molecule has 9 heteroatoms. The van der Waals surface area contributed by atoms with Crippen LogP contribution in [0.4, 0.5) is 5.69 Å². The van der Waals surface area contributed by atoms with Gasteiger partial charge in [-0.1, -0.05) is 43.3 Å². The minimum absolute atomic E-state index is 0.0884. The van der Waals surface area contributed by atoms with Gasteiger partial charge in [0.05, 0.1) is 24.4 Å². The van der Waals surface area contributed by atoms with Gasteiger partial charge in [0.15, 0.2) is 5.11 Å². The third-order valence-corrected chi connectivity index (χ3v) is 7.31. The molecule has 0 spiro atoms. The molecule has 1 amide bonds. The quantitative estimate of drug-likeness (QED) is 0.201. The first-order valence-corrected chi connectivity index (χ1v) is 13.5. The van der Waals surface area contributed by atoms with Crippen molar-refractivity contribution in [3.63, 3.8) is 0 Å². The van der Waals surface area contributed by atoms with Crippen LogP contribution < -0.4 is 10.6 Å². The first-order chi connectivity index (χ1) is 19.5. The van der Waals surface area contributed by atoms with E-state index in [2.05, 4.69) is 22.5 Å². The van der Waals surface area contributed by atoms with E-state index in [4.69, 9.17) is 21.4 Å². The van der Waals surface area contributed by atoms with E-state index in [0.29, 0.717) is 28.7 Å². The van der Waals surface area contributed by atoms with E-state index < -0.39 is 5.97 Å². The lowest BCUT2D eigenvalue weighted by Gasteiger charge is -2.26. The van der Waals surface area contributed by atoms with E-state index in [-0.39, 0.29) is 24.4 Å². The average Bonchev–Trinajstić information content (AvgIpc) is 3.61. The predicted octanol–water partition coefficient (Wildman–Crippen LogP) is 5.69. The van der Waals surface area contributed by atoms with Gasteiger partial charge in [0.25, 0.3) is 0 Å². The van der Waals surface area contributed by atoms with E-state index >= 15 is 0 Å². The Kier molecular flexibility index (Phi) is 8.21. The number of anilines is 1. The zero-order valence-corrected chi connectivity index (χ0v) is 23.1. The molecule has 2 aromatic heterocycles. The number of pyridine rings is 1. The fourth-order valence-corrected chi connectivity index (χ4v) is 5.23. The van der Waals surface area contributed by atoms with Gasteiger partial charge in [0.1, 0.15) is 17.6 Å². The van der Waals surface area contributed by atoms with Crippen LogP contribution in [0.25, 0.3) is 11.3 Å². The second-order valence-corrected chi connectivity index (χ2v) is 9.79. The number of hydrogen-bond donors (Lipinski definition) is 2. The van der Waals surface area contributed by atoms with Crippen molar-refractivity contribution in [1.29, 1.82) is 0 Å². The number of nitrogens with one attached hydrogen (secondary N) is 2. The number of ether oxygens (including phenoxy) is 1. The number of esters is 1. The number of para-hydroxylation sites is 1. The Hall–Kier alpha value is -4.50. The van der Waals surface area contributed by atoms with Crippen molar-refractivity contribution in [2.45, 2.75) is 31.8 Å². The van der Waals surface area contributed by atoms with E-state index in [1.54, 1.807) is 18.3 Å². The largest absolute Gasteiger partial charge is 0.465 e. The highest BCUT2D eigenvalue weighted by Gasteiger charge is 2.41. The highest BCUT2D eigenvalue weighted by atomic mass is 32.1. The van der Waals surface area contributed by atoms with Crippen molar-refractivity contribution < 1.29 is 18.7 Å². The molecule has 8 nitrogen and oxygen atoms in total. The number of nitrogens with zero attached hydrogens (tertiary/aromatic N) is 2. The van der Waals surface area contributed by atoms with Gasteiger partial charge in [-0.3, -0.25) is 9.78 Å². The molecule has 40 heavy (non-hydrogen) atoms. The molecule has 1 saturated heterocycles. The minimum Gasteiger partial charge on any atom is -0.465 e. The number of aromatic nitrogens is 1. The number of methoxy groups -OCH3 is 1. The van der Waals surface area contributed by atoms with Crippen LogP contribution >= 0.6 is 12.2 Å². The number of thiocarbonyl (C=S) groups is 1. The first-order valence-electron chi connectivity index (χ1n) is 13.1. The van der Waals surface area contributed by atoms with Gasteiger partial charge >= 0.3 is 5.97 Å². The van der Waals surface area contributed by atoms with Gasteiger partial charge in [-0.2, -0.15) is 0 Å². The van der Waals surface area contributed by atoms with Crippen molar-refractivity contribution in [2.75, 3.05) is 19.0 Å².